The molecule has 1 saturated heterocycles. The quantitative estimate of drug-likeness (QED) is 0.382. The van der Waals surface area contributed by atoms with Gasteiger partial charge >= 0.3 is 40.7 Å². The Balaban J connectivity index is 0.000000270. The van der Waals surface area contributed by atoms with Crippen molar-refractivity contribution in [3.8, 4) is 0 Å². The average molecular weight is 377 g/mol. The van der Waals surface area contributed by atoms with Crippen molar-refractivity contribution in [2.75, 3.05) is 18.0 Å². The fraction of sp³-hybridized carbons (Fsp3) is 0.455. The van der Waals surface area contributed by atoms with Crippen molar-refractivity contribution in [2.45, 2.75) is 19.8 Å². The number of halogens is 6. The second kappa shape index (κ2) is 5.09. The fourth-order valence-electron chi connectivity index (χ4n) is 2.01. The van der Waals surface area contributed by atoms with Crippen LogP contribution in [0.4, 0.5) is 32.2 Å². The van der Waals surface area contributed by atoms with Crippen molar-refractivity contribution in [1.29, 1.82) is 5.39 Å². The predicted octanol–water partition coefficient (Wildman–Crippen LogP) is 5.22. The third-order valence-corrected chi connectivity index (χ3v) is 2.74. The van der Waals surface area contributed by atoms with E-state index >= 15 is 0 Å². The van der Waals surface area contributed by atoms with E-state index in [1.165, 1.54) is 24.1 Å². The van der Waals surface area contributed by atoms with Crippen LogP contribution in [0.2, 0.25) is 0 Å². The monoisotopic (exact) mass is 377 g/mol. The van der Waals surface area contributed by atoms with Gasteiger partial charge in [-0.15, -0.1) is 0 Å². The number of hydrogen-bond donors (Lipinski definition) is 0. The molecule has 1 aliphatic heterocycles. The van der Waals surface area contributed by atoms with Gasteiger partial charge in [-0.2, -0.15) is 0 Å². The topological polar surface area (TPSA) is 31.4 Å². The Morgan fingerprint density at radius 2 is 1.52 bits per heavy atom. The summed E-state index contributed by atoms with van der Waals surface area (Å²) < 4.78 is 59.4. The Kier molecular flexibility index (Phi) is 4.27. The summed E-state index contributed by atoms with van der Waals surface area (Å²) in [6.07, 6.45) is 2.57. The molecule has 0 bridgehead atoms. The first-order valence-electron chi connectivity index (χ1n) is 6.03. The molecule has 1 aromatic rings. The van der Waals surface area contributed by atoms with Gasteiger partial charge in [0.05, 0.1) is 0 Å². The molecule has 1 aromatic carbocycles. The zero-order valence-corrected chi connectivity index (χ0v) is 13.0. The molecule has 0 saturated carbocycles. The van der Waals surface area contributed by atoms with Gasteiger partial charge in [0.25, 0.3) is 0 Å². The second-order valence-corrected chi connectivity index (χ2v) is 8.74. The van der Waals surface area contributed by atoms with Gasteiger partial charge in [0.2, 0.25) is 5.39 Å². The van der Waals surface area contributed by atoms with E-state index in [2.05, 4.69) is 16.8 Å². The van der Waals surface area contributed by atoms with Gasteiger partial charge in [-0.25, -0.2) is 0 Å². The molecule has 0 spiro atoms. The summed E-state index contributed by atoms with van der Waals surface area (Å²) in [6, 6.07) is 5.80. The van der Waals surface area contributed by atoms with Crippen LogP contribution in [-0.2, 0) is 0 Å². The number of benzene rings is 1. The summed E-state index contributed by atoms with van der Waals surface area (Å²) >= 11 is -11.1. The minimum atomic E-state index is -11.1. The van der Waals surface area contributed by atoms with E-state index in [9.17, 15) is 20.8 Å². The minimum absolute atomic E-state index is 0.630. The molecule has 0 N–H and O–H groups in total. The first kappa shape index (κ1) is 17.6. The molecule has 0 atom stereocenters. The van der Waals surface area contributed by atoms with Crippen molar-refractivity contribution in [3.63, 3.8) is 0 Å². The molecular weight excluding hydrogens is 363 g/mol. The Morgan fingerprint density at radius 3 is 1.90 bits per heavy atom. The Hall–Kier alpha value is -1.42. The average Bonchev–Trinajstić information content (AvgIpc) is 2.77. The summed E-state index contributed by atoms with van der Waals surface area (Å²) in [7, 11) is 0. The number of diazo groups is 1. The van der Waals surface area contributed by atoms with E-state index in [1.807, 2.05) is 18.2 Å². The maximum absolute atomic E-state index is 11.1. The van der Waals surface area contributed by atoms with Gasteiger partial charge in [0.15, 0.2) is 4.98 Å². The summed E-state index contributed by atoms with van der Waals surface area (Å²) in [6.45, 7) is 4.36. The number of nitrogens with zero attached hydrogens (tertiary/aromatic N) is 3. The molecule has 21 heavy (non-hydrogen) atoms. The van der Waals surface area contributed by atoms with Gasteiger partial charge in [-0.1, -0.05) is 0 Å². The van der Waals surface area contributed by atoms with Crippen LogP contribution in [0.15, 0.2) is 18.2 Å². The molecule has 120 valence electrons. The molecule has 0 unspecified atom stereocenters. The van der Waals surface area contributed by atoms with Crippen molar-refractivity contribution in [1.82, 2.24) is 0 Å². The molecule has 1 fully saturated rings. The van der Waals surface area contributed by atoms with E-state index in [1.54, 1.807) is 0 Å². The Bertz CT molecular complexity index is 546. The first-order valence-corrected chi connectivity index (χ1v) is 10.3. The summed E-state index contributed by atoms with van der Waals surface area (Å²) in [4.78, 5) is 5.57. The third-order valence-electron chi connectivity index (χ3n) is 2.74. The van der Waals surface area contributed by atoms with Crippen LogP contribution in [0.1, 0.15) is 18.4 Å². The third kappa shape index (κ3) is 8.45. The molecule has 10 heteroatoms. The van der Waals surface area contributed by atoms with Crippen LogP contribution >= 0.6 is 0 Å². The van der Waals surface area contributed by atoms with Gasteiger partial charge in [-0.3, -0.25) is 0 Å². The summed E-state index contributed by atoms with van der Waals surface area (Å²) in [5.74, 6) is 0. The molecule has 0 aromatic heterocycles. The number of aryl methyl sites for hydroxylation is 1. The van der Waals surface area contributed by atoms with Crippen LogP contribution < -0.4 is 4.90 Å². The Labute approximate surface area is 119 Å². The zero-order valence-electron chi connectivity index (χ0n) is 11.1. The SMILES string of the molecule is Cc1cc([N+]#N)ccc1N1CCCC1.F[As-](F)(F)(F)(F)F. The van der Waals surface area contributed by atoms with Crippen molar-refractivity contribution in [2.24, 2.45) is 0 Å². The van der Waals surface area contributed by atoms with E-state index in [0.717, 1.165) is 13.1 Å². The summed E-state index contributed by atoms with van der Waals surface area (Å²) in [5.41, 5.74) is 3.09. The van der Waals surface area contributed by atoms with Crippen molar-refractivity contribution >= 4 is 25.5 Å². The van der Waals surface area contributed by atoms with E-state index in [-0.39, 0.29) is 0 Å². The number of anilines is 1. The van der Waals surface area contributed by atoms with Crippen LogP contribution in [0, 0.1) is 12.3 Å². The van der Waals surface area contributed by atoms with Gasteiger partial charge in [0.1, 0.15) is 0 Å². The van der Waals surface area contributed by atoms with E-state index in [0.29, 0.717) is 5.69 Å². The van der Waals surface area contributed by atoms with Crippen LogP contribution in [0.3, 0.4) is 0 Å². The van der Waals surface area contributed by atoms with Gasteiger partial charge in [0, 0.05) is 30.9 Å². The van der Waals surface area contributed by atoms with Crippen molar-refractivity contribution < 1.29 is 20.8 Å². The van der Waals surface area contributed by atoms with Crippen molar-refractivity contribution in [3.05, 3.63) is 28.7 Å². The Morgan fingerprint density at radius 1 is 1.05 bits per heavy atom. The number of hydrogen-bond acceptors (Lipinski definition) is 2. The molecular formula is C11H14AsF6N3. The maximum atomic E-state index is 9.91. The van der Waals surface area contributed by atoms with Gasteiger partial charge in [-0.05, 0) is 31.4 Å². The van der Waals surface area contributed by atoms with Gasteiger partial charge < -0.3 is 4.90 Å². The summed E-state index contributed by atoms with van der Waals surface area (Å²) in [5, 5.41) is 8.63. The van der Waals surface area contributed by atoms with E-state index in [4.69, 9.17) is 5.39 Å². The molecule has 3 nitrogen and oxygen atoms in total. The normalized spacial score (nSPS) is 18.1. The van der Waals surface area contributed by atoms with Crippen LogP contribution in [-0.4, -0.2) is 27.3 Å². The molecule has 1 aliphatic rings. The van der Waals surface area contributed by atoms with E-state index < -0.39 is 14.2 Å². The predicted molar refractivity (Wildman–Crippen MR) is 69.8 cm³/mol. The second-order valence-electron chi connectivity index (χ2n) is 4.72. The zero-order chi connectivity index (χ0) is 16.4. The molecule has 0 amide bonds. The van der Waals surface area contributed by atoms with Crippen LogP contribution in [0.25, 0.3) is 4.98 Å². The molecule has 0 radical (unpaired) electrons. The number of rotatable bonds is 1. The fourth-order valence-corrected chi connectivity index (χ4v) is 2.01. The first-order chi connectivity index (χ1) is 9.26. The van der Waals surface area contributed by atoms with Crippen LogP contribution in [0.5, 0.6) is 0 Å². The standard InChI is InChI=1S/C11H14N3.AsF6/c1-9-8-10(13-12)4-5-11(9)14-6-2-3-7-14;2-1(3,4,5,6)7/h4-5,8H,2-3,6-7H2,1H3;/q+1;-1. The molecule has 1 heterocycles. The molecule has 2 rings (SSSR count). The molecule has 0 aliphatic carbocycles.